The molecule has 7 nitrogen and oxygen atoms in total. The first-order valence-electron chi connectivity index (χ1n) is 6.93. The number of amides is 1. The van der Waals surface area contributed by atoms with Crippen molar-refractivity contribution in [1.82, 2.24) is 15.0 Å². The Balaban J connectivity index is 1.72. The van der Waals surface area contributed by atoms with Gasteiger partial charge in [0.05, 0.1) is 11.9 Å². The van der Waals surface area contributed by atoms with Crippen molar-refractivity contribution < 1.29 is 9.53 Å². The number of ether oxygens (including phenoxy) is 1. The third-order valence-electron chi connectivity index (χ3n) is 2.85. The normalized spacial score (nSPS) is 10.0. The highest BCUT2D eigenvalue weighted by Crippen LogP contribution is 2.22. The molecule has 0 unspecified atom stereocenters. The van der Waals surface area contributed by atoms with Gasteiger partial charge in [-0.3, -0.25) is 10.3 Å². The molecular weight excluding hydrogens is 330 g/mol. The zero-order valence-electron chi connectivity index (χ0n) is 12.3. The van der Waals surface area contributed by atoms with E-state index in [1.54, 1.807) is 48.8 Å². The first-order chi connectivity index (χ1) is 11.7. The fraction of sp³-hybridized carbons (Fsp3) is 0. The van der Waals surface area contributed by atoms with Crippen molar-refractivity contribution in [1.29, 1.82) is 0 Å². The summed E-state index contributed by atoms with van der Waals surface area (Å²) in [4.78, 5) is 24.1. The van der Waals surface area contributed by atoms with Gasteiger partial charge in [0.15, 0.2) is 5.82 Å². The SMILES string of the molecule is O=C(Nc1cccc(Cl)c1)Oc1nccnc1Nc1cccnc1. The molecular formula is C16H12ClN5O2. The Hall–Kier alpha value is -3.19. The zero-order chi connectivity index (χ0) is 16.8. The molecule has 120 valence electrons. The molecule has 0 bridgehead atoms. The maximum Gasteiger partial charge on any atom is 0.418 e. The highest BCUT2D eigenvalue weighted by atomic mass is 35.5. The molecule has 0 aliphatic rings. The van der Waals surface area contributed by atoms with E-state index in [0.29, 0.717) is 22.2 Å². The highest BCUT2D eigenvalue weighted by Gasteiger charge is 2.12. The first-order valence-corrected chi connectivity index (χ1v) is 7.31. The minimum Gasteiger partial charge on any atom is -0.387 e. The maximum absolute atomic E-state index is 12.0. The zero-order valence-corrected chi connectivity index (χ0v) is 13.1. The Kier molecular flexibility index (Phi) is 4.83. The van der Waals surface area contributed by atoms with Crippen molar-refractivity contribution >= 4 is 34.9 Å². The van der Waals surface area contributed by atoms with Gasteiger partial charge in [-0.1, -0.05) is 17.7 Å². The minimum atomic E-state index is -0.702. The summed E-state index contributed by atoms with van der Waals surface area (Å²) < 4.78 is 5.21. The fourth-order valence-electron chi connectivity index (χ4n) is 1.86. The lowest BCUT2D eigenvalue weighted by Crippen LogP contribution is -2.18. The van der Waals surface area contributed by atoms with Gasteiger partial charge < -0.3 is 10.1 Å². The molecule has 3 rings (SSSR count). The molecule has 0 atom stereocenters. The van der Waals surface area contributed by atoms with Crippen LogP contribution >= 0.6 is 11.6 Å². The molecule has 0 fully saturated rings. The average Bonchev–Trinajstić information content (AvgIpc) is 2.57. The third kappa shape index (κ3) is 4.17. The van der Waals surface area contributed by atoms with Crippen molar-refractivity contribution in [3.63, 3.8) is 0 Å². The standard InChI is InChI=1S/C16H12ClN5O2/c17-11-3-1-4-12(9-11)22-16(23)24-15-14(19-7-8-20-15)21-13-5-2-6-18-10-13/h1-10H,(H,19,21)(H,22,23). The predicted octanol–water partition coefficient (Wildman–Crippen LogP) is 3.88. The second kappa shape index (κ2) is 7.38. The number of nitrogens with one attached hydrogen (secondary N) is 2. The molecule has 8 heteroatoms. The second-order valence-electron chi connectivity index (χ2n) is 4.60. The Morgan fingerprint density at radius 2 is 1.88 bits per heavy atom. The van der Waals surface area contributed by atoms with Crippen LogP contribution < -0.4 is 15.4 Å². The van der Waals surface area contributed by atoms with E-state index in [9.17, 15) is 4.79 Å². The number of nitrogens with zero attached hydrogens (tertiary/aromatic N) is 3. The van der Waals surface area contributed by atoms with Gasteiger partial charge in [0.1, 0.15) is 0 Å². The van der Waals surface area contributed by atoms with E-state index in [1.165, 1.54) is 12.4 Å². The van der Waals surface area contributed by atoms with E-state index < -0.39 is 6.09 Å². The summed E-state index contributed by atoms with van der Waals surface area (Å²) in [6, 6.07) is 10.3. The highest BCUT2D eigenvalue weighted by molar-refractivity contribution is 6.30. The summed E-state index contributed by atoms with van der Waals surface area (Å²) in [7, 11) is 0. The van der Waals surface area contributed by atoms with Crippen LogP contribution in [0.25, 0.3) is 0 Å². The molecule has 2 heterocycles. The smallest absolute Gasteiger partial charge is 0.387 e. The van der Waals surface area contributed by atoms with Gasteiger partial charge in [-0.25, -0.2) is 14.8 Å². The maximum atomic E-state index is 12.0. The van der Waals surface area contributed by atoms with Crippen molar-refractivity contribution in [3.8, 4) is 5.88 Å². The van der Waals surface area contributed by atoms with Gasteiger partial charge >= 0.3 is 6.09 Å². The van der Waals surface area contributed by atoms with Gasteiger partial charge in [0.25, 0.3) is 5.88 Å². The number of halogens is 1. The summed E-state index contributed by atoms with van der Waals surface area (Å²) in [6.07, 6.45) is 5.48. The lowest BCUT2D eigenvalue weighted by molar-refractivity contribution is 0.213. The van der Waals surface area contributed by atoms with Crippen molar-refractivity contribution in [2.45, 2.75) is 0 Å². The van der Waals surface area contributed by atoms with Gasteiger partial charge in [0.2, 0.25) is 0 Å². The van der Waals surface area contributed by atoms with Crippen LogP contribution in [0.15, 0.2) is 61.2 Å². The Morgan fingerprint density at radius 1 is 1.04 bits per heavy atom. The molecule has 0 spiro atoms. The number of carbonyl (C=O) groups is 1. The van der Waals surface area contributed by atoms with Crippen molar-refractivity contribution in [2.24, 2.45) is 0 Å². The van der Waals surface area contributed by atoms with Gasteiger partial charge in [-0.15, -0.1) is 0 Å². The van der Waals surface area contributed by atoms with Crippen LogP contribution in [0.5, 0.6) is 5.88 Å². The number of rotatable bonds is 4. The number of pyridine rings is 1. The first kappa shape index (κ1) is 15.7. The summed E-state index contributed by atoms with van der Waals surface area (Å²) >= 11 is 5.87. The number of benzene rings is 1. The predicted molar refractivity (Wildman–Crippen MR) is 90.7 cm³/mol. The number of aromatic nitrogens is 3. The monoisotopic (exact) mass is 341 g/mol. The van der Waals surface area contributed by atoms with Crippen molar-refractivity contribution in [2.75, 3.05) is 10.6 Å². The quantitative estimate of drug-likeness (QED) is 0.748. The molecule has 0 radical (unpaired) electrons. The third-order valence-corrected chi connectivity index (χ3v) is 3.08. The number of carbonyl (C=O) groups excluding carboxylic acids is 1. The topological polar surface area (TPSA) is 89.0 Å². The van der Waals surface area contributed by atoms with Gasteiger partial charge in [0, 0.05) is 29.3 Å². The summed E-state index contributed by atoms with van der Waals surface area (Å²) in [6.45, 7) is 0. The lowest BCUT2D eigenvalue weighted by atomic mass is 10.3. The molecule has 0 aliphatic heterocycles. The molecule has 2 N–H and O–H groups in total. The van der Waals surface area contributed by atoms with Crippen LogP contribution in [0, 0.1) is 0 Å². The lowest BCUT2D eigenvalue weighted by Gasteiger charge is -2.10. The van der Waals surface area contributed by atoms with E-state index in [2.05, 4.69) is 25.6 Å². The van der Waals surface area contributed by atoms with E-state index in [-0.39, 0.29) is 5.88 Å². The van der Waals surface area contributed by atoms with Crippen LogP contribution in [-0.2, 0) is 0 Å². The molecule has 2 aromatic heterocycles. The van der Waals surface area contributed by atoms with Crippen LogP contribution in [0.1, 0.15) is 0 Å². The molecule has 1 aromatic carbocycles. The van der Waals surface area contributed by atoms with Crippen LogP contribution in [0.4, 0.5) is 22.0 Å². The van der Waals surface area contributed by atoms with Crippen LogP contribution in [-0.4, -0.2) is 21.0 Å². The fourth-order valence-corrected chi connectivity index (χ4v) is 2.05. The van der Waals surface area contributed by atoms with Crippen molar-refractivity contribution in [3.05, 3.63) is 66.2 Å². The number of anilines is 3. The van der Waals surface area contributed by atoms with Gasteiger partial charge in [-0.05, 0) is 30.3 Å². The Bertz CT molecular complexity index is 845. The molecule has 3 aromatic rings. The second-order valence-corrected chi connectivity index (χ2v) is 5.04. The average molecular weight is 342 g/mol. The Morgan fingerprint density at radius 3 is 2.67 bits per heavy atom. The summed E-state index contributed by atoms with van der Waals surface area (Å²) in [5.41, 5.74) is 1.20. The van der Waals surface area contributed by atoms with Crippen LogP contribution in [0.2, 0.25) is 5.02 Å². The Labute approximate surface area is 142 Å². The van der Waals surface area contributed by atoms with E-state index in [1.807, 2.05) is 0 Å². The molecule has 24 heavy (non-hydrogen) atoms. The van der Waals surface area contributed by atoms with E-state index in [0.717, 1.165) is 0 Å². The molecule has 0 saturated heterocycles. The largest absolute Gasteiger partial charge is 0.418 e. The molecule has 0 saturated carbocycles. The number of hydrogen-bond donors (Lipinski definition) is 2. The molecule has 1 amide bonds. The minimum absolute atomic E-state index is 0.0425. The van der Waals surface area contributed by atoms with E-state index in [4.69, 9.17) is 16.3 Å². The van der Waals surface area contributed by atoms with Crippen LogP contribution in [0.3, 0.4) is 0 Å². The van der Waals surface area contributed by atoms with E-state index >= 15 is 0 Å². The summed E-state index contributed by atoms with van der Waals surface area (Å²) in [5.74, 6) is 0.340. The summed E-state index contributed by atoms with van der Waals surface area (Å²) in [5, 5.41) is 6.06. The number of hydrogen-bond acceptors (Lipinski definition) is 6. The van der Waals surface area contributed by atoms with Gasteiger partial charge in [-0.2, -0.15) is 0 Å². The molecule has 0 aliphatic carbocycles.